The van der Waals surface area contributed by atoms with E-state index in [0.29, 0.717) is 22.8 Å². The zero-order chi connectivity index (χ0) is 18.1. The van der Waals surface area contributed by atoms with Gasteiger partial charge >= 0.3 is 0 Å². The summed E-state index contributed by atoms with van der Waals surface area (Å²) in [6.07, 6.45) is -0.748. The molecule has 2 aromatic carbocycles. The SMILES string of the molecule is CCn1c(=NC(=O)[C@@H]2COc3ccccc3O2)sc2cccc(OC)c21. The van der Waals surface area contributed by atoms with Gasteiger partial charge in [-0.15, -0.1) is 0 Å². The van der Waals surface area contributed by atoms with Gasteiger partial charge in [-0.05, 0) is 31.2 Å². The van der Waals surface area contributed by atoms with Crippen LogP contribution in [0.4, 0.5) is 0 Å². The number of ether oxygens (including phenoxy) is 3. The van der Waals surface area contributed by atoms with Crippen molar-refractivity contribution in [2.75, 3.05) is 13.7 Å². The number of para-hydroxylation sites is 3. The molecule has 0 fully saturated rings. The van der Waals surface area contributed by atoms with Gasteiger partial charge in [0.1, 0.15) is 17.9 Å². The van der Waals surface area contributed by atoms with Crippen LogP contribution in [0.3, 0.4) is 0 Å². The Hall–Kier alpha value is -2.80. The summed E-state index contributed by atoms with van der Waals surface area (Å²) in [5.74, 6) is 1.62. The van der Waals surface area contributed by atoms with Crippen molar-refractivity contribution in [3.8, 4) is 17.2 Å². The molecular weight excluding hydrogens is 352 g/mol. The molecule has 0 aliphatic carbocycles. The van der Waals surface area contributed by atoms with Crippen molar-refractivity contribution in [1.82, 2.24) is 4.57 Å². The summed E-state index contributed by atoms with van der Waals surface area (Å²) >= 11 is 1.46. The largest absolute Gasteiger partial charge is 0.495 e. The van der Waals surface area contributed by atoms with Crippen molar-refractivity contribution in [1.29, 1.82) is 0 Å². The van der Waals surface area contributed by atoms with Crippen LogP contribution in [-0.4, -0.2) is 30.3 Å². The molecule has 0 saturated heterocycles. The molecule has 26 heavy (non-hydrogen) atoms. The van der Waals surface area contributed by atoms with Crippen LogP contribution in [0.2, 0.25) is 0 Å². The van der Waals surface area contributed by atoms with Gasteiger partial charge < -0.3 is 18.8 Å². The number of nitrogens with zero attached hydrogens (tertiary/aromatic N) is 2. The number of rotatable bonds is 3. The fraction of sp³-hybridized carbons (Fsp3) is 0.263. The van der Waals surface area contributed by atoms with Gasteiger partial charge in [0, 0.05) is 6.54 Å². The van der Waals surface area contributed by atoms with Crippen molar-refractivity contribution in [3.05, 3.63) is 47.3 Å². The van der Waals surface area contributed by atoms with Crippen LogP contribution in [-0.2, 0) is 11.3 Å². The molecule has 4 rings (SSSR count). The second kappa shape index (κ2) is 6.84. The van der Waals surface area contributed by atoms with E-state index >= 15 is 0 Å². The first kappa shape index (κ1) is 16.7. The average Bonchev–Trinajstić information content (AvgIpc) is 3.04. The highest BCUT2D eigenvalue weighted by Gasteiger charge is 2.27. The Morgan fingerprint density at radius 2 is 2.08 bits per heavy atom. The third kappa shape index (κ3) is 2.84. The first-order chi connectivity index (χ1) is 12.7. The van der Waals surface area contributed by atoms with Gasteiger partial charge in [-0.3, -0.25) is 4.79 Å². The minimum Gasteiger partial charge on any atom is -0.495 e. The number of hydrogen-bond acceptors (Lipinski definition) is 5. The summed E-state index contributed by atoms with van der Waals surface area (Å²) < 4.78 is 19.8. The number of methoxy groups -OCH3 is 1. The summed E-state index contributed by atoms with van der Waals surface area (Å²) in [5.41, 5.74) is 0.945. The van der Waals surface area contributed by atoms with Crippen molar-refractivity contribution in [2.45, 2.75) is 19.6 Å². The summed E-state index contributed by atoms with van der Waals surface area (Å²) in [4.78, 5) is 17.6. The normalized spacial score (nSPS) is 16.7. The Morgan fingerprint density at radius 1 is 1.27 bits per heavy atom. The second-order valence-electron chi connectivity index (χ2n) is 5.75. The molecule has 1 aliphatic rings. The van der Waals surface area contributed by atoms with Crippen LogP contribution >= 0.6 is 11.3 Å². The highest BCUT2D eigenvalue weighted by Crippen LogP contribution is 2.31. The zero-order valence-corrected chi connectivity index (χ0v) is 15.3. The van der Waals surface area contributed by atoms with Crippen molar-refractivity contribution in [3.63, 3.8) is 0 Å². The molecule has 3 aromatic rings. The minimum atomic E-state index is -0.748. The molecule has 1 aromatic heterocycles. The van der Waals surface area contributed by atoms with Gasteiger partial charge in [-0.25, -0.2) is 0 Å². The third-order valence-electron chi connectivity index (χ3n) is 4.19. The predicted molar refractivity (Wildman–Crippen MR) is 99.0 cm³/mol. The first-order valence-electron chi connectivity index (χ1n) is 8.34. The Balaban J connectivity index is 1.71. The third-order valence-corrected chi connectivity index (χ3v) is 5.23. The molecule has 0 spiro atoms. The van der Waals surface area contributed by atoms with E-state index in [1.54, 1.807) is 13.2 Å². The number of carbonyl (C=O) groups is 1. The van der Waals surface area contributed by atoms with Gasteiger partial charge in [-0.1, -0.05) is 29.5 Å². The lowest BCUT2D eigenvalue weighted by atomic mass is 10.2. The van der Waals surface area contributed by atoms with E-state index in [9.17, 15) is 4.79 Å². The lowest BCUT2D eigenvalue weighted by molar-refractivity contribution is -0.127. The van der Waals surface area contributed by atoms with Crippen LogP contribution in [0.1, 0.15) is 6.92 Å². The summed E-state index contributed by atoms with van der Waals surface area (Å²) in [6, 6.07) is 13.1. The van der Waals surface area contributed by atoms with Gasteiger partial charge in [-0.2, -0.15) is 4.99 Å². The molecular formula is C19H18N2O4S. The average molecular weight is 370 g/mol. The number of amides is 1. The number of fused-ring (bicyclic) bond motifs is 2. The first-order valence-corrected chi connectivity index (χ1v) is 9.16. The molecule has 1 atom stereocenters. The predicted octanol–water partition coefficient (Wildman–Crippen LogP) is 3.00. The van der Waals surface area contributed by atoms with Gasteiger partial charge in [0.05, 0.1) is 11.8 Å². The zero-order valence-electron chi connectivity index (χ0n) is 14.5. The van der Waals surface area contributed by atoms with Crippen LogP contribution in [0.25, 0.3) is 10.2 Å². The van der Waals surface area contributed by atoms with E-state index in [-0.39, 0.29) is 12.5 Å². The molecule has 0 radical (unpaired) electrons. The number of hydrogen-bond donors (Lipinski definition) is 0. The molecule has 134 valence electrons. The maximum absolute atomic E-state index is 12.7. The Bertz CT molecular complexity index is 1040. The van der Waals surface area contributed by atoms with Crippen molar-refractivity contribution < 1.29 is 19.0 Å². The molecule has 0 saturated carbocycles. The maximum atomic E-state index is 12.7. The van der Waals surface area contributed by atoms with Crippen LogP contribution in [0.15, 0.2) is 47.5 Å². The number of thiazole rings is 1. The van der Waals surface area contributed by atoms with E-state index in [0.717, 1.165) is 16.0 Å². The minimum absolute atomic E-state index is 0.152. The topological polar surface area (TPSA) is 62.1 Å². The number of carbonyl (C=O) groups excluding carboxylic acids is 1. The summed E-state index contributed by atoms with van der Waals surface area (Å²) in [5, 5.41) is 0. The van der Waals surface area contributed by atoms with E-state index in [4.69, 9.17) is 14.2 Å². The monoisotopic (exact) mass is 370 g/mol. The molecule has 7 heteroatoms. The molecule has 0 unspecified atom stereocenters. The molecule has 1 aliphatic heterocycles. The maximum Gasteiger partial charge on any atom is 0.292 e. The lowest BCUT2D eigenvalue weighted by Gasteiger charge is -2.23. The van der Waals surface area contributed by atoms with Crippen LogP contribution < -0.4 is 19.0 Å². The molecule has 0 bridgehead atoms. The highest BCUT2D eigenvalue weighted by molar-refractivity contribution is 7.16. The van der Waals surface area contributed by atoms with E-state index in [1.807, 2.05) is 47.9 Å². The fourth-order valence-electron chi connectivity index (χ4n) is 2.95. The molecule has 1 amide bonds. The molecule has 0 N–H and O–H groups in total. The van der Waals surface area contributed by atoms with Gasteiger partial charge in [0.2, 0.25) is 6.10 Å². The molecule has 6 nitrogen and oxygen atoms in total. The second-order valence-corrected chi connectivity index (χ2v) is 6.76. The number of aryl methyl sites for hydroxylation is 1. The summed E-state index contributed by atoms with van der Waals surface area (Å²) in [7, 11) is 1.64. The Morgan fingerprint density at radius 3 is 2.85 bits per heavy atom. The number of aromatic nitrogens is 1. The van der Waals surface area contributed by atoms with E-state index in [2.05, 4.69) is 4.99 Å². The number of benzene rings is 2. The summed E-state index contributed by atoms with van der Waals surface area (Å²) in [6.45, 7) is 2.84. The lowest BCUT2D eigenvalue weighted by Crippen LogP contribution is -2.36. The van der Waals surface area contributed by atoms with Crippen molar-refractivity contribution in [2.24, 2.45) is 4.99 Å². The van der Waals surface area contributed by atoms with E-state index in [1.165, 1.54) is 11.3 Å². The van der Waals surface area contributed by atoms with Crippen LogP contribution in [0.5, 0.6) is 17.2 Å². The van der Waals surface area contributed by atoms with Crippen molar-refractivity contribution >= 4 is 27.5 Å². The Labute approximate surface area is 154 Å². The fourth-order valence-corrected chi connectivity index (χ4v) is 4.07. The molecule has 2 heterocycles. The van der Waals surface area contributed by atoms with Gasteiger partial charge in [0.15, 0.2) is 16.3 Å². The quantitative estimate of drug-likeness (QED) is 0.711. The smallest absolute Gasteiger partial charge is 0.292 e. The van der Waals surface area contributed by atoms with Gasteiger partial charge in [0.25, 0.3) is 5.91 Å². The van der Waals surface area contributed by atoms with Crippen LogP contribution in [0, 0.1) is 0 Å². The standard InChI is InChI=1S/C19H18N2O4S/c1-3-21-17-14(23-2)9-6-10-16(17)26-19(21)20-18(22)15-11-24-12-7-4-5-8-13(12)25-15/h4-10,15H,3,11H2,1-2H3/t15-/m0/s1. The van der Waals surface area contributed by atoms with E-state index < -0.39 is 6.10 Å². The highest BCUT2D eigenvalue weighted by atomic mass is 32.1. The Kier molecular flexibility index (Phi) is 4.38.